The minimum Gasteiger partial charge on any atom is -0.395 e. The number of carbonyl (C=O) groups is 1. The molecule has 0 radical (unpaired) electrons. The molecule has 2 rings (SSSR count). The molecule has 0 fully saturated rings. The maximum Gasteiger partial charge on any atom is 0.256 e. The van der Waals surface area contributed by atoms with Gasteiger partial charge in [-0.25, -0.2) is 0 Å². The van der Waals surface area contributed by atoms with Gasteiger partial charge in [0.2, 0.25) is 0 Å². The topological polar surface area (TPSA) is 75.1 Å². The van der Waals surface area contributed by atoms with E-state index in [1.165, 1.54) is 6.20 Å². The zero-order valence-electron chi connectivity index (χ0n) is 10.9. The molecule has 0 saturated carbocycles. The van der Waals surface area contributed by atoms with Gasteiger partial charge in [-0.05, 0) is 24.6 Å². The van der Waals surface area contributed by atoms with Crippen molar-refractivity contribution in [2.24, 2.45) is 0 Å². The van der Waals surface area contributed by atoms with Gasteiger partial charge in [0.25, 0.3) is 5.91 Å². The number of rotatable bonds is 3. The molecular weight excluding hydrogens is 274 g/mol. The summed E-state index contributed by atoms with van der Waals surface area (Å²) < 4.78 is 3.69. The van der Waals surface area contributed by atoms with Crippen molar-refractivity contribution in [2.75, 3.05) is 11.9 Å². The summed E-state index contributed by atoms with van der Waals surface area (Å²) in [5.74, 6) is 5.60. The van der Waals surface area contributed by atoms with Crippen molar-refractivity contribution in [1.29, 1.82) is 0 Å². The largest absolute Gasteiger partial charge is 0.395 e. The zero-order valence-corrected chi connectivity index (χ0v) is 11.7. The van der Waals surface area contributed by atoms with Crippen LogP contribution in [0.3, 0.4) is 0 Å². The smallest absolute Gasteiger partial charge is 0.256 e. The Kier molecular flexibility index (Phi) is 4.82. The average Bonchev–Trinajstić information content (AvgIpc) is 2.93. The third-order valence-electron chi connectivity index (χ3n) is 2.64. The van der Waals surface area contributed by atoms with E-state index in [0.717, 1.165) is 22.7 Å². The van der Waals surface area contributed by atoms with Crippen molar-refractivity contribution in [1.82, 2.24) is 9.59 Å². The Hall–Kier alpha value is -2.23. The highest BCUT2D eigenvalue weighted by Crippen LogP contribution is 2.16. The fraction of sp³-hybridized carbons (Fsp3) is 0.214. The minimum atomic E-state index is -0.209. The fourth-order valence-electron chi connectivity index (χ4n) is 1.63. The zero-order chi connectivity index (χ0) is 14.4. The predicted molar refractivity (Wildman–Crippen MR) is 77.6 cm³/mol. The summed E-state index contributed by atoms with van der Waals surface area (Å²) in [4.78, 5) is 12.2. The van der Waals surface area contributed by atoms with Crippen LogP contribution >= 0.6 is 11.5 Å². The van der Waals surface area contributed by atoms with Gasteiger partial charge in [-0.3, -0.25) is 4.79 Å². The number of hydrogen-bond acceptors (Lipinski definition) is 5. The Morgan fingerprint density at radius 2 is 2.35 bits per heavy atom. The highest BCUT2D eigenvalue weighted by atomic mass is 32.1. The Morgan fingerprint density at radius 3 is 3.05 bits per heavy atom. The van der Waals surface area contributed by atoms with E-state index in [4.69, 9.17) is 5.11 Å². The number of aliphatic hydroxyl groups is 1. The molecule has 0 aliphatic rings. The van der Waals surface area contributed by atoms with E-state index < -0.39 is 0 Å². The van der Waals surface area contributed by atoms with Gasteiger partial charge in [-0.1, -0.05) is 22.4 Å². The second-order valence-electron chi connectivity index (χ2n) is 3.99. The number of aromatic nitrogens is 2. The first-order valence-electron chi connectivity index (χ1n) is 6.00. The Labute approximate surface area is 120 Å². The molecule has 0 aliphatic heterocycles. The van der Waals surface area contributed by atoms with Crippen LogP contribution in [0.15, 0.2) is 24.4 Å². The maximum absolute atomic E-state index is 12.2. The molecule has 2 aromatic rings. The predicted octanol–water partition coefficient (Wildman–Crippen LogP) is 1.83. The van der Waals surface area contributed by atoms with Gasteiger partial charge in [-0.15, -0.1) is 5.10 Å². The third kappa shape index (κ3) is 3.41. The first kappa shape index (κ1) is 14.2. The van der Waals surface area contributed by atoms with Crippen LogP contribution in [-0.4, -0.2) is 27.2 Å². The summed E-state index contributed by atoms with van der Waals surface area (Å²) in [5.41, 5.74) is 2.16. The number of carbonyl (C=O) groups excluding carboxylic acids is 1. The normalized spacial score (nSPS) is 9.70. The second-order valence-corrected chi connectivity index (χ2v) is 4.78. The second kappa shape index (κ2) is 6.80. The van der Waals surface area contributed by atoms with Crippen LogP contribution in [0.1, 0.15) is 27.9 Å². The van der Waals surface area contributed by atoms with Crippen molar-refractivity contribution in [3.8, 4) is 11.8 Å². The molecule has 0 spiro atoms. The standard InChI is InChI=1S/C14H13N3O2S/c1-10-11(5-2-3-8-18)6-4-7-12(10)14(19)16-13-9-15-17-20-13/h4,6-7,9,18H,3,8H2,1H3,(H,16,19). The van der Waals surface area contributed by atoms with E-state index in [0.29, 0.717) is 17.0 Å². The molecule has 1 heterocycles. The monoisotopic (exact) mass is 287 g/mol. The molecule has 20 heavy (non-hydrogen) atoms. The van der Waals surface area contributed by atoms with Crippen LogP contribution in [0, 0.1) is 18.8 Å². The lowest BCUT2D eigenvalue weighted by Gasteiger charge is -2.07. The SMILES string of the molecule is Cc1c(C#CCCO)cccc1C(=O)Nc1cnns1. The molecule has 0 aliphatic carbocycles. The lowest BCUT2D eigenvalue weighted by atomic mass is 10.0. The average molecular weight is 287 g/mol. The summed E-state index contributed by atoms with van der Waals surface area (Å²) in [5, 5.41) is 15.7. The van der Waals surface area contributed by atoms with E-state index in [9.17, 15) is 4.79 Å². The van der Waals surface area contributed by atoms with Crippen LogP contribution in [0.2, 0.25) is 0 Å². The van der Waals surface area contributed by atoms with Crippen molar-refractivity contribution in [3.05, 3.63) is 41.1 Å². The number of amides is 1. The van der Waals surface area contributed by atoms with Crippen LogP contribution in [0.25, 0.3) is 0 Å². The van der Waals surface area contributed by atoms with Crippen LogP contribution in [-0.2, 0) is 0 Å². The molecule has 6 heteroatoms. The molecule has 1 aromatic carbocycles. The van der Waals surface area contributed by atoms with Crippen molar-refractivity contribution in [3.63, 3.8) is 0 Å². The van der Waals surface area contributed by atoms with Crippen molar-refractivity contribution >= 4 is 22.4 Å². The third-order valence-corrected chi connectivity index (χ3v) is 3.22. The Balaban J connectivity index is 2.22. The fourth-order valence-corrected chi connectivity index (χ4v) is 2.05. The molecule has 0 atom stereocenters. The highest BCUT2D eigenvalue weighted by Gasteiger charge is 2.11. The number of aliphatic hydroxyl groups excluding tert-OH is 1. The Bertz CT molecular complexity index is 657. The van der Waals surface area contributed by atoms with Gasteiger partial charge < -0.3 is 10.4 Å². The minimum absolute atomic E-state index is 0.0323. The molecule has 1 amide bonds. The Morgan fingerprint density at radius 1 is 1.50 bits per heavy atom. The molecule has 102 valence electrons. The van der Waals surface area contributed by atoms with E-state index in [2.05, 4.69) is 26.7 Å². The van der Waals surface area contributed by atoms with E-state index in [-0.39, 0.29) is 12.5 Å². The van der Waals surface area contributed by atoms with E-state index >= 15 is 0 Å². The number of nitrogens with one attached hydrogen (secondary N) is 1. The summed E-state index contributed by atoms with van der Waals surface area (Å²) in [6.45, 7) is 1.88. The molecule has 2 N–H and O–H groups in total. The van der Waals surface area contributed by atoms with Crippen LogP contribution < -0.4 is 5.32 Å². The van der Waals surface area contributed by atoms with Crippen LogP contribution in [0.4, 0.5) is 5.00 Å². The number of anilines is 1. The summed E-state index contributed by atoms with van der Waals surface area (Å²) in [6, 6.07) is 5.39. The molecule has 0 bridgehead atoms. The summed E-state index contributed by atoms with van der Waals surface area (Å²) in [7, 11) is 0. The van der Waals surface area contributed by atoms with Gasteiger partial charge in [0.1, 0.15) is 5.00 Å². The quantitative estimate of drug-likeness (QED) is 0.845. The van der Waals surface area contributed by atoms with Crippen molar-refractivity contribution in [2.45, 2.75) is 13.3 Å². The number of nitrogens with zero attached hydrogens (tertiary/aromatic N) is 2. The number of hydrogen-bond donors (Lipinski definition) is 2. The maximum atomic E-state index is 12.2. The molecule has 0 saturated heterocycles. The lowest BCUT2D eigenvalue weighted by molar-refractivity contribution is 0.102. The first-order chi connectivity index (χ1) is 9.72. The van der Waals surface area contributed by atoms with Gasteiger partial charge in [-0.2, -0.15) is 0 Å². The van der Waals surface area contributed by atoms with E-state index in [1.54, 1.807) is 12.1 Å². The lowest BCUT2D eigenvalue weighted by Crippen LogP contribution is -2.13. The van der Waals surface area contributed by atoms with Gasteiger partial charge in [0, 0.05) is 29.1 Å². The van der Waals surface area contributed by atoms with Gasteiger partial charge >= 0.3 is 0 Å². The molecule has 0 unspecified atom stereocenters. The highest BCUT2D eigenvalue weighted by molar-refractivity contribution is 7.10. The number of benzene rings is 1. The summed E-state index contributed by atoms with van der Waals surface area (Å²) >= 11 is 1.12. The van der Waals surface area contributed by atoms with Gasteiger partial charge in [0.15, 0.2) is 0 Å². The summed E-state index contributed by atoms with van der Waals surface area (Å²) in [6.07, 6.45) is 1.92. The van der Waals surface area contributed by atoms with Crippen molar-refractivity contribution < 1.29 is 9.90 Å². The van der Waals surface area contributed by atoms with E-state index in [1.807, 2.05) is 13.0 Å². The van der Waals surface area contributed by atoms with Crippen LogP contribution in [0.5, 0.6) is 0 Å². The first-order valence-corrected chi connectivity index (χ1v) is 6.77. The van der Waals surface area contributed by atoms with Gasteiger partial charge in [0.05, 0.1) is 12.8 Å². The molecule has 1 aromatic heterocycles. The molecule has 5 nitrogen and oxygen atoms in total. The molecular formula is C14H13N3O2S.